The summed E-state index contributed by atoms with van der Waals surface area (Å²) in [6.07, 6.45) is 2.99. The molecular weight excluding hydrogens is 256 g/mol. The molecule has 1 aliphatic rings. The predicted octanol–water partition coefficient (Wildman–Crippen LogP) is 2.34. The molecule has 0 bridgehead atoms. The normalized spacial score (nSPS) is 17.9. The van der Waals surface area contributed by atoms with Gasteiger partial charge in [0.25, 0.3) is 0 Å². The number of thioether (sulfide) groups is 1. The largest absolute Gasteiger partial charge is 0.354 e. The van der Waals surface area contributed by atoms with Gasteiger partial charge in [-0.25, -0.2) is 0 Å². The van der Waals surface area contributed by atoms with Crippen LogP contribution in [-0.4, -0.2) is 24.0 Å². The fourth-order valence-corrected chi connectivity index (χ4v) is 3.53. The maximum absolute atomic E-state index is 11.9. The standard InChI is InChI=1S/C15H22N2OS/c16-14(13-4-2-1-3-5-13)11-17-15(18)10-12-6-8-19-9-7-12/h1-5,12,14H,6-11,16H2,(H,17,18). The van der Waals surface area contributed by atoms with Gasteiger partial charge in [0.2, 0.25) is 5.91 Å². The predicted molar refractivity (Wildman–Crippen MR) is 81.0 cm³/mol. The average Bonchev–Trinajstić information content (AvgIpc) is 2.47. The van der Waals surface area contributed by atoms with Gasteiger partial charge in [0, 0.05) is 19.0 Å². The van der Waals surface area contributed by atoms with E-state index in [1.165, 1.54) is 24.3 Å². The molecular formula is C15H22N2OS. The number of hydrogen-bond donors (Lipinski definition) is 2. The Morgan fingerprint density at radius 2 is 2.00 bits per heavy atom. The van der Waals surface area contributed by atoms with Crippen LogP contribution in [0.25, 0.3) is 0 Å². The molecule has 19 heavy (non-hydrogen) atoms. The molecule has 1 heterocycles. The van der Waals surface area contributed by atoms with E-state index in [4.69, 9.17) is 5.73 Å². The van der Waals surface area contributed by atoms with Crippen LogP contribution in [-0.2, 0) is 4.79 Å². The second kappa shape index (κ2) is 7.56. The van der Waals surface area contributed by atoms with Gasteiger partial charge >= 0.3 is 0 Å². The Morgan fingerprint density at radius 3 is 2.68 bits per heavy atom. The minimum Gasteiger partial charge on any atom is -0.354 e. The highest BCUT2D eigenvalue weighted by Gasteiger charge is 2.17. The highest BCUT2D eigenvalue weighted by molar-refractivity contribution is 7.99. The van der Waals surface area contributed by atoms with Crippen molar-refractivity contribution in [2.75, 3.05) is 18.1 Å². The first kappa shape index (κ1) is 14.4. The van der Waals surface area contributed by atoms with Crippen LogP contribution in [0.1, 0.15) is 30.9 Å². The Hall–Kier alpha value is -1.00. The molecule has 3 nitrogen and oxygen atoms in total. The molecule has 0 radical (unpaired) electrons. The third kappa shape index (κ3) is 4.88. The third-order valence-corrected chi connectivity index (χ3v) is 4.61. The molecule has 104 valence electrons. The van der Waals surface area contributed by atoms with Crippen LogP contribution in [0.4, 0.5) is 0 Å². The minimum atomic E-state index is -0.118. The lowest BCUT2D eigenvalue weighted by Gasteiger charge is -2.21. The van der Waals surface area contributed by atoms with E-state index in [2.05, 4.69) is 5.32 Å². The van der Waals surface area contributed by atoms with Crippen molar-refractivity contribution in [1.82, 2.24) is 5.32 Å². The first-order chi connectivity index (χ1) is 9.25. The van der Waals surface area contributed by atoms with Crippen molar-refractivity contribution in [1.29, 1.82) is 0 Å². The fourth-order valence-electron chi connectivity index (χ4n) is 2.33. The van der Waals surface area contributed by atoms with Crippen molar-refractivity contribution in [3.05, 3.63) is 35.9 Å². The molecule has 1 aromatic rings. The zero-order valence-corrected chi connectivity index (χ0v) is 12.0. The Morgan fingerprint density at radius 1 is 1.32 bits per heavy atom. The molecule has 1 unspecified atom stereocenters. The fraction of sp³-hybridized carbons (Fsp3) is 0.533. The number of carbonyl (C=O) groups excluding carboxylic acids is 1. The Labute approximate surface area is 119 Å². The summed E-state index contributed by atoms with van der Waals surface area (Å²) in [4.78, 5) is 11.9. The summed E-state index contributed by atoms with van der Waals surface area (Å²) < 4.78 is 0. The van der Waals surface area contributed by atoms with E-state index in [0.717, 1.165) is 5.56 Å². The number of amides is 1. The highest BCUT2D eigenvalue weighted by atomic mass is 32.2. The van der Waals surface area contributed by atoms with E-state index in [1.54, 1.807) is 0 Å². The van der Waals surface area contributed by atoms with Crippen LogP contribution in [0.2, 0.25) is 0 Å². The van der Waals surface area contributed by atoms with Crippen molar-refractivity contribution >= 4 is 17.7 Å². The van der Waals surface area contributed by atoms with Crippen LogP contribution in [0.15, 0.2) is 30.3 Å². The van der Waals surface area contributed by atoms with Crippen molar-refractivity contribution in [3.8, 4) is 0 Å². The molecule has 3 N–H and O–H groups in total. The number of hydrogen-bond acceptors (Lipinski definition) is 3. The number of benzene rings is 1. The third-order valence-electron chi connectivity index (χ3n) is 3.56. The highest BCUT2D eigenvalue weighted by Crippen LogP contribution is 2.25. The van der Waals surface area contributed by atoms with Crippen LogP contribution in [0.3, 0.4) is 0 Å². The summed E-state index contributed by atoms with van der Waals surface area (Å²) in [5.74, 6) is 3.10. The molecule has 0 saturated carbocycles. The molecule has 4 heteroatoms. The van der Waals surface area contributed by atoms with Gasteiger partial charge in [-0.15, -0.1) is 0 Å². The Balaban J connectivity index is 1.71. The van der Waals surface area contributed by atoms with Crippen LogP contribution >= 0.6 is 11.8 Å². The summed E-state index contributed by atoms with van der Waals surface area (Å²) >= 11 is 1.99. The maximum Gasteiger partial charge on any atom is 0.220 e. The van der Waals surface area contributed by atoms with Gasteiger partial charge in [-0.05, 0) is 35.8 Å². The van der Waals surface area contributed by atoms with Gasteiger partial charge in [-0.1, -0.05) is 30.3 Å². The van der Waals surface area contributed by atoms with E-state index >= 15 is 0 Å². The van der Waals surface area contributed by atoms with Gasteiger partial charge in [0.15, 0.2) is 0 Å². The zero-order valence-electron chi connectivity index (χ0n) is 11.2. The van der Waals surface area contributed by atoms with Crippen LogP contribution in [0, 0.1) is 5.92 Å². The number of nitrogens with one attached hydrogen (secondary N) is 1. The van der Waals surface area contributed by atoms with Gasteiger partial charge in [0.05, 0.1) is 0 Å². The Bertz CT molecular complexity index is 390. The number of carbonyl (C=O) groups is 1. The van der Waals surface area contributed by atoms with Crippen molar-refractivity contribution in [2.24, 2.45) is 11.7 Å². The molecule has 2 rings (SSSR count). The minimum absolute atomic E-state index is 0.118. The summed E-state index contributed by atoms with van der Waals surface area (Å²) in [6.45, 7) is 0.518. The molecule has 0 aliphatic carbocycles. The zero-order chi connectivity index (χ0) is 13.5. The monoisotopic (exact) mass is 278 g/mol. The maximum atomic E-state index is 11.9. The first-order valence-electron chi connectivity index (χ1n) is 6.90. The van der Waals surface area contributed by atoms with Crippen molar-refractivity contribution < 1.29 is 4.79 Å². The lowest BCUT2D eigenvalue weighted by atomic mass is 9.98. The SMILES string of the molecule is NC(CNC(=O)CC1CCSCC1)c1ccccc1. The quantitative estimate of drug-likeness (QED) is 0.869. The molecule has 1 atom stereocenters. The average molecular weight is 278 g/mol. The molecule has 0 spiro atoms. The van der Waals surface area contributed by atoms with Gasteiger partial charge in [0.1, 0.15) is 0 Å². The van der Waals surface area contributed by atoms with E-state index in [-0.39, 0.29) is 11.9 Å². The summed E-state index contributed by atoms with van der Waals surface area (Å²) in [5.41, 5.74) is 7.12. The molecule has 0 aromatic heterocycles. The van der Waals surface area contributed by atoms with Gasteiger partial charge in [-0.2, -0.15) is 11.8 Å². The second-order valence-electron chi connectivity index (χ2n) is 5.08. The van der Waals surface area contributed by atoms with E-state index in [0.29, 0.717) is 18.9 Å². The van der Waals surface area contributed by atoms with Gasteiger partial charge in [-0.3, -0.25) is 4.79 Å². The van der Waals surface area contributed by atoms with Gasteiger partial charge < -0.3 is 11.1 Å². The number of nitrogens with two attached hydrogens (primary N) is 1. The van der Waals surface area contributed by atoms with E-state index in [1.807, 2.05) is 42.1 Å². The molecule has 1 saturated heterocycles. The molecule has 1 amide bonds. The molecule has 1 aromatic carbocycles. The Kier molecular flexibility index (Phi) is 5.73. The first-order valence-corrected chi connectivity index (χ1v) is 8.06. The van der Waals surface area contributed by atoms with Crippen LogP contribution in [0.5, 0.6) is 0 Å². The summed E-state index contributed by atoms with van der Waals surface area (Å²) in [5, 5.41) is 2.96. The smallest absolute Gasteiger partial charge is 0.220 e. The van der Waals surface area contributed by atoms with Crippen molar-refractivity contribution in [3.63, 3.8) is 0 Å². The van der Waals surface area contributed by atoms with E-state index < -0.39 is 0 Å². The summed E-state index contributed by atoms with van der Waals surface area (Å²) in [7, 11) is 0. The topological polar surface area (TPSA) is 55.1 Å². The lowest BCUT2D eigenvalue weighted by Crippen LogP contribution is -2.33. The molecule has 1 fully saturated rings. The lowest BCUT2D eigenvalue weighted by molar-refractivity contribution is -0.122. The van der Waals surface area contributed by atoms with Crippen molar-refractivity contribution in [2.45, 2.75) is 25.3 Å². The van der Waals surface area contributed by atoms with E-state index in [9.17, 15) is 4.79 Å². The second-order valence-corrected chi connectivity index (χ2v) is 6.31. The summed E-state index contributed by atoms with van der Waals surface area (Å²) in [6, 6.07) is 9.78. The number of rotatable bonds is 5. The van der Waals surface area contributed by atoms with Crippen LogP contribution < -0.4 is 11.1 Å². The molecule has 1 aliphatic heterocycles.